The highest BCUT2D eigenvalue weighted by atomic mass is 16.3. The zero-order valence-corrected chi connectivity index (χ0v) is 15.2. The van der Waals surface area contributed by atoms with Crippen molar-refractivity contribution in [3.05, 3.63) is 58.7 Å². The molecule has 4 nitrogen and oxygen atoms in total. The van der Waals surface area contributed by atoms with Crippen LogP contribution in [0.2, 0.25) is 0 Å². The molecule has 2 heterocycles. The molecular weight excluding hydrogens is 312 g/mol. The standard InChI is InChI=1S/C21H24N2O2/c1-12-7-13(2)16-10-19(22-18(16)8-12)21(24)23(4)11-15-5-6-20(25-15)17-9-14(17)3/h5-8,10,14,17,22H,9,11H2,1-4H3/t14-,17+/m0/s1. The molecule has 0 spiro atoms. The second kappa shape index (κ2) is 5.80. The van der Waals surface area contributed by atoms with E-state index in [0.717, 1.165) is 28.3 Å². The molecular formula is C21H24N2O2. The Bertz CT molecular complexity index is 950. The minimum Gasteiger partial charge on any atom is -0.464 e. The molecule has 1 N–H and O–H groups in total. The van der Waals surface area contributed by atoms with Crippen LogP contribution in [0.5, 0.6) is 0 Å². The summed E-state index contributed by atoms with van der Waals surface area (Å²) in [5.41, 5.74) is 4.00. The Morgan fingerprint density at radius 3 is 2.76 bits per heavy atom. The highest BCUT2D eigenvalue weighted by molar-refractivity contribution is 5.98. The molecule has 1 saturated carbocycles. The zero-order valence-electron chi connectivity index (χ0n) is 15.2. The second-order valence-electron chi connectivity index (χ2n) is 7.51. The predicted molar refractivity (Wildman–Crippen MR) is 98.8 cm³/mol. The van der Waals surface area contributed by atoms with Crippen LogP contribution in [0.3, 0.4) is 0 Å². The summed E-state index contributed by atoms with van der Waals surface area (Å²) in [6.07, 6.45) is 1.20. The number of carbonyl (C=O) groups is 1. The third-order valence-electron chi connectivity index (χ3n) is 5.22. The van der Waals surface area contributed by atoms with E-state index in [2.05, 4.69) is 44.0 Å². The minimum atomic E-state index is -0.0222. The molecule has 2 atom stereocenters. The fourth-order valence-corrected chi connectivity index (χ4v) is 3.62. The Kier molecular flexibility index (Phi) is 3.71. The van der Waals surface area contributed by atoms with E-state index in [4.69, 9.17) is 4.42 Å². The molecule has 0 aliphatic heterocycles. The molecule has 3 aromatic rings. The van der Waals surface area contributed by atoms with Gasteiger partial charge in [-0.1, -0.05) is 13.0 Å². The van der Waals surface area contributed by atoms with Crippen molar-refractivity contribution >= 4 is 16.8 Å². The van der Waals surface area contributed by atoms with Gasteiger partial charge in [-0.2, -0.15) is 0 Å². The van der Waals surface area contributed by atoms with Gasteiger partial charge in [-0.05, 0) is 61.6 Å². The summed E-state index contributed by atoms with van der Waals surface area (Å²) in [6.45, 7) is 6.86. The van der Waals surface area contributed by atoms with Crippen molar-refractivity contribution in [1.82, 2.24) is 9.88 Å². The van der Waals surface area contributed by atoms with Crippen LogP contribution in [0.15, 0.2) is 34.7 Å². The van der Waals surface area contributed by atoms with Gasteiger partial charge in [0.2, 0.25) is 0 Å². The van der Waals surface area contributed by atoms with E-state index in [-0.39, 0.29) is 5.91 Å². The van der Waals surface area contributed by atoms with Crippen LogP contribution >= 0.6 is 0 Å². The highest BCUT2D eigenvalue weighted by Gasteiger charge is 2.36. The lowest BCUT2D eigenvalue weighted by Gasteiger charge is -2.14. The number of aryl methyl sites for hydroxylation is 2. The molecule has 1 aliphatic rings. The first-order chi connectivity index (χ1) is 11.9. The van der Waals surface area contributed by atoms with Gasteiger partial charge in [-0.15, -0.1) is 0 Å². The van der Waals surface area contributed by atoms with Gasteiger partial charge in [-0.25, -0.2) is 0 Å². The van der Waals surface area contributed by atoms with Gasteiger partial charge in [0.15, 0.2) is 0 Å². The van der Waals surface area contributed by atoms with Gasteiger partial charge in [-0.3, -0.25) is 4.79 Å². The normalized spacial score (nSPS) is 19.4. The van der Waals surface area contributed by atoms with Crippen molar-refractivity contribution in [3.8, 4) is 0 Å². The van der Waals surface area contributed by atoms with E-state index in [0.29, 0.717) is 18.2 Å². The van der Waals surface area contributed by atoms with Crippen LogP contribution in [0.1, 0.15) is 52.4 Å². The van der Waals surface area contributed by atoms with Gasteiger partial charge in [0.25, 0.3) is 5.91 Å². The monoisotopic (exact) mass is 336 g/mol. The summed E-state index contributed by atoms with van der Waals surface area (Å²) in [5, 5.41) is 1.10. The first-order valence-electron chi connectivity index (χ1n) is 8.86. The molecule has 4 rings (SSSR count). The fraction of sp³-hybridized carbons (Fsp3) is 0.381. The molecule has 1 fully saturated rings. The average Bonchev–Trinajstić information content (AvgIpc) is 2.98. The van der Waals surface area contributed by atoms with Crippen molar-refractivity contribution in [2.45, 2.75) is 39.7 Å². The Labute approximate surface area is 147 Å². The van der Waals surface area contributed by atoms with E-state index in [1.165, 1.54) is 17.5 Å². The van der Waals surface area contributed by atoms with E-state index in [9.17, 15) is 4.79 Å². The Morgan fingerprint density at radius 2 is 2.04 bits per heavy atom. The van der Waals surface area contributed by atoms with Crippen LogP contribution in [-0.2, 0) is 6.54 Å². The number of aromatic nitrogens is 1. The Hall–Kier alpha value is -2.49. The Morgan fingerprint density at radius 1 is 1.28 bits per heavy atom. The van der Waals surface area contributed by atoms with Crippen LogP contribution < -0.4 is 0 Å². The van der Waals surface area contributed by atoms with Crippen molar-refractivity contribution in [1.29, 1.82) is 0 Å². The molecule has 1 aromatic carbocycles. The van der Waals surface area contributed by atoms with Crippen molar-refractivity contribution in [3.63, 3.8) is 0 Å². The lowest BCUT2D eigenvalue weighted by Crippen LogP contribution is -2.26. The summed E-state index contributed by atoms with van der Waals surface area (Å²) in [4.78, 5) is 17.7. The molecule has 2 aromatic heterocycles. The maximum atomic E-state index is 12.8. The number of hydrogen-bond donors (Lipinski definition) is 1. The summed E-state index contributed by atoms with van der Waals surface area (Å²) < 4.78 is 5.92. The molecule has 130 valence electrons. The maximum absolute atomic E-state index is 12.8. The summed E-state index contributed by atoms with van der Waals surface area (Å²) in [6, 6.07) is 10.2. The number of nitrogens with zero attached hydrogens (tertiary/aromatic N) is 1. The van der Waals surface area contributed by atoms with Gasteiger partial charge in [0, 0.05) is 23.9 Å². The van der Waals surface area contributed by atoms with Gasteiger partial charge < -0.3 is 14.3 Å². The SMILES string of the molecule is Cc1cc(C)c2cc(C(=O)N(C)Cc3ccc([C@@H]4C[C@@H]4C)o3)[nH]c2c1. The zero-order chi connectivity index (χ0) is 17.7. The maximum Gasteiger partial charge on any atom is 0.270 e. The van der Waals surface area contributed by atoms with Gasteiger partial charge >= 0.3 is 0 Å². The predicted octanol–water partition coefficient (Wildman–Crippen LogP) is 4.77. The molecule has 0 radical (unpaired) electrons. The van der Waals surface area contributed by atoms with E-state index < -0.39 is 0 Å². The van der Waals surface area contributed by atoms with Crippen molar-refractivity contribution < 1.29 is 9.21 Å². The minimum absolute atomic E-state index is 0.0222. The number of amides is 1. The lowest BCUT2D eigenvalue weighted by atomic mass is 10.1. The third-order valence-corrected chi connectivity index (χ3v) is 5.22. The number of hydrogen-bond acceptors (Lipinski definition) is 2. The number of furan rings is 1. The van der Waals surface area contributed by atoms with Crippen LogP contribution in [-0.4, -0.2) is 22.8 Å². The summed E-state index contributed by atoms with van der Waals surface area (Å²) in [7, 11) is 1.81. The number of carbonyl (C=O) groups excluding carboxylic acids is 1. The molecule has 1 amide bonds. The fourth-order valence-electron chi connectivity index (χ4n) is 3.62. The number of aromatic amines is 1. The largest absolute Gasteiger partial charge is 0.464 e. The Balaban J connectivity index is 1.52. The van der Waals surface area contributed by atoms with E-state index in [1.807, 2.05) is 19.2 Å². The van der Waals surface area contributed by atoms with Gasteiger partial charge in [0.05, 0.1) is 6.54 Å². The van der Waals surface area contributed by atoms with E-state index in [1.54, 1.807) is 4.90 Å². The van der Waals surface area contributed by atoms with Crippen molar-refractivity contribution in [2.75, 3.05) is 7.05 Å². The quantitative estimate of drug-likeness (QED) is 0.746. The molecule has 0 unspecified atom stereocenters. The number of nitrogens with one attached hydrogen (secondary N) is 1. The number of H-pyrrole nitrogens is 1. The average molecular weight is 336 g/mol. The molecule has 0 bridgehead atoms. The molecule has 0 saturated heterocycles. The smallest absolute Gasteiger partial charge is 0.270 e. The van der Waals surface area contributed by atoms with Crippen LogP contribution in [0.25, 0.3) is 10.9 Å². The molecule has 25 heavy (non-hydrogen) atoms. The summed E-state index contributed by atoms with van der Waals surface area (Å²) >= 11 is 0. The lowest BCUT2D eigenvalue weighted by molar-refractivity contribution is 0.0770. The topological polar surface area (TPSA) is 49.2 Å². The summed E-state index contributed by atoms with van der Waals surface area (Å²) in [5.74, 6) is 3.16. The number of benzene rings is 1. The van der Waals surface area contributed by atoms with Crippen molar-refractivity contribution in [2.24, 2.45) is 5.92 Å². The second-order valence-corrected chi connectivity index (χ2v) is 7.51. The first-order valence-corrected chi connectivity index (χ1v) is 8.86. The van der Waals surface area contributed by atoms with Crippen LogP contribution in [0, 0.1) is 19.8 Å². The third kappa shape index (κ3) is 2.97. The first kappa shape index (κ1) is 16.0. The number of fused-ring (bicyclic) bond motifs is 1. The molecule has 1 aliphatic carbocycles. The highest BCUT2D eigenvalue weighted by Crippen LogP contribution is 2.47. The number of rotatable bonds is 4. The van der Waals surface area contributed by atoms with E-state index >= 15 is 0 Å². The van der Waals surface area contributed by atoms with Gasteiger partial charge in [0.1, 0.15) is 17.2 Å². The van der Waals surface area contributed by atoms with Crippen LogP contribution in [0.4, 0.5) is 0 Å². The molecule has 4 heteroatoms.